The molecule has 0 radical (unpaired) electrons. The van der Waals surface area contributed by atoms with Gasteiger partial charge >= 0.3 is 5.97 Å². The number of benzene rings is 2. The number of nitrogen functional groups attached to an aromatic ring is 2. The molecule has 0 saturated carbocycles. The van der Waals surface area contributed by atoms with E-state index in [9.17, 15) is 4.79 Å². The van der Waals surface area contributed by atoms with E-state index in [4.69, 9.17) is 26.0 Å². The summed E-state index contributed by atoms with van der Waals surface area (Å²) in [5.41, 5.74) is 14.5. The van der Waals surface area contributed by atoms with Crippen LogP contribution in [0.15, 0.2) is 54.6 Å². The highest BCUT2D eigenvalue weighted by Crippen LogP contribution is 2.29. The Bertz CT molecular complexity index is 996. The number of hydrogen-bond donors (Lipinski definition) is 3. The molecule has 0 aliphatic rings. The Kier molecular flexibility index (Phi) is 7.05. The molecule has 1 aromatic heterocycles. The molecule has 0 aliphatic carbocycles. The van der Waals surface area contributed by atoms with Crippen molar-refractivity contribution in [1.29, 1.82) is 0 Å². The maximum absolute atomic E-state index is 10.6. The van der Waals surface area contributed by atoms with Crippen LogP contribution in [-0.2, 0) is 11.2 Å². The minimum Gasteiger partial charge on any atom is -0.493 e. The molecule has 0 spiro atoms. The number of aromatic nitrogens is 2. The molecule has 8 heteroatoms. The van der Waals surface area contributed by atoms with Crippen molar-refractivity contribution in [3.05, 3.63) is 60.3 Å². The topological polar surface area (TPSA) is 134 Å². The Morgan fingerprint density at radius 2 is 1.67 bits per heavy atom. The smallest absolute Gasteiger partial charge is 0.341 e. The number of anilines is 2. The molecule has 156 valence electrons. The summed E-state index contributed by atoms with van der Waals surface area (Å²) in [7, 11) is 0. The third-order valence-corrected chi connectivity index (χ3v) is 4.34. The first kappa shape index (κ1) is 20.9. The van der Waals surface area contributed by atoms with Crippen LogP contribution < -0.4 is 20.9 Å². The molecule has 1 heterocycles. The molecule has 0 bridgehead atoms. The van der Waals surface area contributed by atoms with E-state index >= 15 is 0 Å². The molecular formula is C22H24N4O4. The van der Waals surface area contributed by atoms with Crippen LogP contribution in [0.4, 0.5) is 11.8 Å². The van der Waals surface area contributed by atoms with E-state index in [2.05, 4.69) is 9.97 Å². The van der Waals surface area contributed by atoms with Gasteiger partial charge in [0.05, 0.1) is 12.3 Å². The molecule has 3 rings (SSSR count). The van der Waals surface area contributed by atoms with Crippen LogP contribution in [0.1, 0.15) is 18.5 Å². The third kappa shape index (κ3) is 5.84. The molecule has 0 fully saturated rings. The maximum atomic E-state index is 10.6. The molecule has 0 aliphatic heterocycles. The van der Waals surface area contributed by atoms with Gasteiger partial charge in [-0.1, -0.05) is 36.4 Å². The fraction of sp³-hybridized carbons (Fsp3) is 0.227. The van der Waals surface area contributed by atoms with Gasteiger partial charge in [0.15, 0.2) is 6.61 Å². The lowest BCUT2D eigenvalue weighted by molar-refractivity contribution is -0.139. The molecule has 0 saturated heterocycles. The lowest BCUT2D eigenvalue weighted by atomic mass is 10.0. The summed E-state index contributed by atoms with van der Waals surface area (Å²) in [4.78, 5) is 19.1. The second-order valence-electron chi connectivity index (χ2n) is 6.62. The first-order valence-electron chi connectivity index (χ1n) is 9.57. The number of aryl methyl sites for hydroxylation is 1. The molecule has 0 unspecified atom stereocenters. The van der Waals surface area contributed by atoms with E-state index in [0.29, 0.717) is 30.3 Å². The van der Waals surface area contributed by atoms with Crippen molar-refractivity contribution in [3.8, 4) is 22.6 Å². The largest absolute Gasteiger partial charge is 0.493 e. The standard InChI is InChI=1S/C22H24N4O4/c23-21-20(15-7-2-1-3-8-15)18(25-22(24)26-21)11-4-5-12-29-16-9-6-10-17(13-16)30-14-19(27)28/h1-3,6-10,13H,4-5,11-12,14H2,(H,27,28)(H4,23,24,25,26). The van der Waals surface area contributed by atoms with Crippen molar-refractivity contribution in [3.63, 3.8) is 0 Å². The fourth-order valence-electron chi connectivity index (χ4n) is 3.03. The van der Waals surface area contributed by atoms with Crippen molar-refractivity contribution < 1.29 is 19.4 Å². The number of hydrogen-bond acceptors (Lipinski definition) is 7. The number of aliphatic carboxylic acids is 1. The summed E-state index contributed by atoms with van der Waals surface area (Å²) < 4.78 is 10.9. The third-order valence-electron chi connectivity index (χ3n) is 4.34. The highest BCUT2D eigenvalue weighted by molar-refractivity contribution is 5.76. The molecule has 5 N–H and O–H groups in total. The van der Waals surface area contributed by atoms with Crippen molar-refractivity contribution in [2.45, 2.75) is 19.3 Å². The van der Waals surface area contributed by atoms with Gasteiger partial charge in [0.1, 0.15) is 17.3 Å². The monoisotopic (exact) mass is 408 g/mol. The SMILES string of the molecule is Nc1nc(N)c(-c2ccccc2)c(CCCCOc2cccc(OCC(=O)O)c2)n1. The molecule has 3 aromatic rings. The molecular weight excluding hydrogens is 384 g/mol. The zero-order chi connectivity index (χ0) is 21.3. The van der Waals surface area contributed by atoms with Crippen LogP contribution in [0, 0.1) is 0 Å². The summed E-state index contributed by atoms with van der Waals surface area (Å²) in [6, 6.07) is 16.7. The summed E-state index contributed by atoms with van der Waals surface area (Å²) in [6.45, 7) is 0.109. The number of carboxylic acids is 1. The Labute approximate surface area is 174 Å². The van der Waals surface area contributed by atoms with Gasteiger partial charge in [0, 0.05) is 11.6 Å². The number of unbranched alkanes of at least 4 members (excludes halogenated alkanes) is 1. The van der Waals surface area contributed by atoms with Crippen LogP contribution in [0.5, 0.6) is 11.5 Å². The minimum atomic E-state index is -1.03. The number of rotatable bonds is 10. The van der Waals surface area contributed by atoms with Crippen LogP contribution in [-0.4, -0.2) is 34.3 Å². The van der Waals surface area contributed by atoms with Gasteiger partial charge in [-0.25, -0.2) is 9.78 Å². The predicted octanol–water partition coefficient (Wildman–Crippen LogP) is 3.17. The van der Waals surface area contributed by atoms with Gasteiger partial charge in [-0.3, -0.25) is 0 Å². The number of carboxylic acid groups (broad SMARTS) is 1. The highest BCUT2D eigenvalue weighted by atomic mass is 16.5. The van der Waals surface area contributed by atoms with E-state index in [-0.39, 0.29) is 5.95 Å². The summed E-state index contributed by atoms with van der Waals surface area (Å²) in [6.07, 6.45) is 2.30. The van der Waals surface area contributed by atoms with Gasteiger partial charge in [0.25, 0.3) is 0 Å². The zero-order valence-electron chi connectivity index (χ0n) is 16.5. The second kappa shape index (κ2) is 10.1. The van der Waals surface area contributed by atoms with Crippen LogP contribution in [0.2, 0.25) is 0 Å². The van der Waals surface area contributed by atoms with E-state index in [1.165, 1.54) is 0 Å². The average molecular weight is 408 g/mol. The summed E-state index contributed by atoms with van der Waals surface area (Å²) in [5, 5.41) is 8.68. The first-order valence-corrected chi connectivity index (χ1v) is 9.57. The van der Waals surface area contributed by atoms with Crippen LogP contribution in [0.25, 0.3) is 11.1 Å². The average Bonchev–Trinajstić information content (AvgIpc) is 2.72. The number of carbonyl (C=O) groups is 1. The van der Waals surface area contributed by atoms with E-state index in [1.54, 1.807) is 24.3 Å². The van der Waals surface area contributed by atoms with Gasteiger partial charge in [-0.05, 0) is 37.0 Å². The van der Waals surface area contributed by atoms with Crippen molar-refractivity contribution >= 4 is 17.7 Å². The predicted molar refractivity (Wildman–Crippen MR) is 114 cm³/mol. The fourth-order valence-corrected chi connectivity index (χ4v) is 3.03. The normalized spacial score (nSPS) is 10.5. The van der Waals surface area contributed by atoms with Crippen molar-refractivity contribution in [2.24, 2.45) is 0 Å². The Morgan fingerprint density at radius 1 is 0.933 bits per heavy atom. The van der Waals surface area contributed by atoms with Gasteiger partial charge in [0.2, 0.25) is 5.95 Å². The molecule has 30 heavy (non-hydrogen) atoms. The first-order chi connectivity index (χ1) is 14.5. The van der Waals surface area contributed by atoms with Crippen LogP contribution in [0.3, 0.4) is 0 Å². The molecule has 0 amide bonds. The Balaban J connectivity index is 1.55. The van der Waals surface area contributed by atoms with Crippen molar-refractivity contribution in [2.75, 3.05) is 24.7 Å². The highest BCUT2D eigenvalue weighted by Gasteiger charge is 2.13. The van der Waals surface area contributed by atoms with Gasteiger partial charge in [-0.2, -0.15) is 4.98 Å². The van der Waals surface area contributed by atoms with E-state index < -0.39 is 12.6 Å². The van der Waals surface area contributed by atoms with Gasteiger partial charge < -0.3 is 26.0 Å². The number of nitrogens with two attached hydrogens (primary N) is 2. The second-order valence-corrected chi connectivity index (χ2v) is 6.62. The summed E-state index contributed by atoms with van der Waals surface area (Å²) >= 11 is 0. The van der Waals surface area contributed by atoms with Gasteiger partial charge in [-0.15, -0.1) is 0 Å². The van der Waals surface area contributed by atoms with Crippen molar-refractivity contribution in [1.82, 2.24) is 9.97 Å². The minimum absolute atomic E-state index is 0.164. The Hall–Kier alpha value is -3.81. The number of ether oxygens (including phenoxy) is 2. The molecule has 2 aromatic carbocycles. The van der Waals surface area contributed by atoms with E-state index in [1.807, 2.05) is 30.3 Å². The summed E-state index contributed by atoms with van der Waals surface area (Å²) in [5.74, 6) is 0.588. The number of nitrogens with zero attached hydrogens (tertiary/aromatic N) is 2. The van der Waals surface area contributed by atoms with Crippen LogP contribution >= 0.6 is 0 Å². The lowest BCUT2D eigenvalue weighted by Crippen LogP contribution is -2.09. The Morgan fingerprint density at radius 3 is 2.40 bits per heavy atom. The zero-order valence-corrected chi connectivity index (χ0v) is 16.5. The maximum Gasteiger partial charge on any atom is 0.341 e. The van der Waals surface area contributed by atoms with E-state index in [0.717, 1.165) is 29.7 Å². The molecule has 0 atom stereocenters. The lowest BCUT2D eigenvalue weighted by Gasteiger charge is -2.12. The quantitative estimate of drug-likeness (QED) is 0.436. The molecule has 8 nitrogen and oxygen atoms in total.